The van der Waals surface area contributed by atoms with Gasteiger partial charge in [0.2, 0.25) is 5.91 Å². The molecule has 1 aliphatic heterocycles. The van der Waals surface area contributed by atoms with Gasteiger partial charge in [0, 0.05) is 18.0 Å². The zero-order valence-corrected chi connectivity index (χ0v) is 11.8. The second-order valence-corrected chi connectivity index (χ2v) is 5.61. The van der Waals surface area contributed by atoms with Crippen LogP contribution in [0, 0.1) is 5.82 Å². The molecule has 3 aromatic rings. The average Bonchev–Trinajstić information content (AvgIpc) is 2.53. The van der Waals surface area contributed by atoms with Crippen molar-refractivity contribution in [1.82, 2.24) is 0 Å². The van der Waals surface area contributed by atoms with Crippen LogP contribution in [0.1, 0.15) is 23.5 Å². The first-order valence-electron chi connectivity index (χ1n) is 7.29. The molecule has 0 aliphatic carbocycles. The molecule has 4 rings (SSSR count). The Bertz CT molecular complexity index is 887. The zero-order valence-electron chi connectivity index (χ0n) is 11.8. The minimum Gasteiger partial charge on any atom is -0.326 e. The summed E-state index contributed by atoms with van der Waals surface area (Å²) >= 11 is 0. The van der Waals surface area contributed by atoms with Crippen LogP contribution in [0.15, 0.2) is 60.7 Å². The van der Waals surface area contributed by atoms with Crippen molar-refractivity contribution in [1.29, 1.82) is 0 Å². The van der Waals surface area contributed by atoms with E-state index in [0.29, 0.717) is 6.42 Å². The third kappa shape index (κ3) is 2.06. The summed E-state index contributed by atoms with van der Waals surface area (Å²) < 4.78 is 13.6. The van der Waals surface area contributed by atoms with E-state index >= 15 is 0 Å². The molecule has 3 heteroatoms. The molecule has 22 heavy (non-hydrogen) atoms. The van der Waals surface area contributed by atoms with Crippen molar-refractivity contribution < 1.29 is 9.18 Å². The number of carbonyl (C=O) groups excluding carboxylic acids is 1. The maximum atomic E-state index is 13.6. The third-order valence-corrected chi connectivity index (χ3v) is 4.23. The number of benzene rings is 3. The zero-order chi connectivity index (χ0) is 15.1. The van der Waals surface area contributed by atoms with Crippen molar-refractivity contribution >= 4 is 22.4 Å². The fourth-order valence-electron chi connectivity index (χ4n) is 3.28. The van der Waals surface area contributed by atoms with E-state index in [0.717, 1.165) is 27.6 Å². The second kappa shape index (κ2) is 4.95. The highest BCUT2D eigenvalue weighted by Gasteiger charge is 2.28. The molecule has 3 aromatic carbocycles. The topological polar surface area (TPSA) is 29.1 Å². The molecule has 0 unspecified atom stereocenters. The Morgan fingerprint density at radius 2 is 1.86 bits per heavy atom. The summed E-state index contributed by atoms with van der Waals surface area (Å²) in [7, 11) is 0. The van der Waals surface area contributed by atoms with Crippen LogP contribution in [-0.4, -0.2) is 5.91 Å². The Morgan fingerprint density at radius 3 is 2.73 bits per heavy atom. The predicted octanol–water partition coefficient (Wildman–Crippen LogP) is 4.45. The molecule has 108 valence electrons. The Kier molecular flexibility index (Phi) is 2.93. The van der Waals surface area contributed by atoms with Gasteiger partial charge in [0.15, 0.2) is 0 Å². The Labute approximate surface area is 127 Å². The molecule has 1 heterocycles. The fraction of sp³-hybridized carbons (Fsp3) is 0.105. The number of nitrogens with one attached hydrogen (secondary N) is 1. The largest absolute Gasteiger partial charge is 0.326 e. The first-order valence-corrected chi connectivity index (χ1v) is 7.29. The van der Waals surface area contributed by atoms with Gasteiger partial charge in [-0.15, -0.1) is 0 Å². The first kappa shape index (κ1) is 13.0. The summed E-state index contributed by atoms with van der Waals surface area (Å²) in [6, 6.07) is 18.6. The van der Waals surface area contributed by atoms with E-state index in [4.69, 9.17) is 0 Å². The minimum absolute atomic E-state index is 0.0305. The van der Waals surface area contributed by atoms with Crippen LogP contribution >= 0.6 is 0 Å². The number of carbonyl (C=O) groups is 1. The predicted molar refractivity (Wildman–Crippen MR) is 85.4 cm³/mol. The number of hydrogen-bond donors (Lipinski definition) is 1. The van der Waals surface area contributed by atoms with Crippen LogP contribution in [-0.2, 0) is 4.79 Å². The van der Waals surface area contributed by atoms with Crippen LogP contribution in [0.25, 0.3) is 10.8 Å². The Hall–Kier alpha value is -2.68. The van der Waals surface area contributed by atoms with Gasteiger partial charge in [-0.25, -0.2) is 4.39 Å². The quantitative estimate of drug-likeness (QED) is 0.705. The van der Waals surface area contributed by atoms with Crippen LogP contribution in [0.2, 0.25) is 0 Å². The summed E-state index contributed by atoms with van der Waals surface area (Å²) in [5.41, 5.74) is 2.74. The number of rotatable bonds is 1. The number of halogens is 1. The minimum atomic E-state index is -0.273. The maximum Gasteiger partial charge on any atom is 0.225 e. The number of fused-ring (bicyclic) bond motifs is 3. The van der Waals surface area contributed by atoms with Crippen molar-refractivity contribution in [2.24, 2.45) is 0 Å². The van der Waals surface area contributed by atoms with E-state index in [1.54, 1.807) is 6.07 Å². The van der Waals surface area contributed by atoms with Gasteiger partial charge in [-0.3, -0.25) is 4.79 Å². The van der Waals surface area contributed by atoms with E-state index < -0.39 is 0 Å². The molecule has 1 atom stereocenters. The van der Waals surface area contributed by atoms with Gasteiger partial charge < -0.3 is 5.32 Å². The molecule has 1 N–H and O–H groups in total. The van der Waals surface area contributed by atoms with Crippen LogP contribution < -0.4 is 5.32 Å². The van der Waals surface area contributed by atoms with Gasteiger partial charge in [-0.1, -0.05) is 42.5 Å². The first-order chi connectivity index (χ1) is 10.7. The molecule has 1 amide bonds. The van der Waals surface area contributed by atoms with Crippen molar-refractivity contribution in [2.45, 2.75) is 12.3 Å². The highest BCUT2D eigenvalue weighted by molar-refractivity contribution is 6.01. The SMILES string of the molecule is O=C1C[C@@H](c2cccc(F)c2)c2c(ccc3ccccc23)N1. The third-order valence-electron chi connectivity index (χ3n) is 4.23. The van der Waals surface area contributed by atoms with Crippen LogP contribution in [0.4, 0.5) is 10.1 Å². The summed E-state index contributed by atoms with van der Waals surface area (Å²) in [6.45, 7) is 0. The van der Waals surface area contributed by atoms with Gasteiger partial charge in [-0.05, 0) is 40.1 Å². The smallest absolute Gasteiger partial charge is 0.225 e. The molecule has 0 saturated heterocycles. The highest BCUT2D eigenvalue weighted by Crippen LogP contribution is 2.41. The van der Waals surface area contributed by atoms with Gasteiger partial charge >= 0.3 is 0 Å². The lowest BCUT2D eigenvalue weighted by molar-refractivity contribution is -0.116. The van der Waals surface area contributed by atoms with Crippen LogP contribution in [0.3, 0.4) is 0 Å². The standard InChI is InChI=1S/C19H14FNO/c20-14-6-3-5-13(10-14)16-11-18(22)21-17-9-8-12-4-1-2-7-15(12)19(16)17/h1-10,16H,11H2,(H,21,22)/t16-/m0/s1. The normalized spacial score (nSPS) is 17.1. The second-order valence-electron chi connectivity index (χ2n) is 5.61. The molecular weight excluding hydrogens is 277 g/mol. The van der Waals surface area contributed by atoms with E-state index in [9.17, 15) is 9.18 Å². The molecule has 2 nitrogen and oxygen atoms in total. The van der Waals surface area contributed by atoms with Crippen molar-refractivity contribution in [2.75, 3.05) is 5.32 Å². The van der Waals surface area contributed by atoms with Crippen molar-refractivity contribution in [3.8, 4) is 0 Å². The molecule has 0 fully saturated rings. The lowest BCUT2D eigenvalue weighted by atomic mass is 9.82. The Balaban J connectivity index is 1.99. The number of hydrogen-bond acceptors (Lipinski definition) is 1. The average molecular weight is 291 g/mol. The molecule has 0 spiro atoms. The van der Waals surface area contributed by atoms with E-state index in [1.807, 2.05) is 30.3 Å². The van der Waals surface area contributed by atoms with E-state index in [-0.39, 0.29) is 17.6 Å². The molecular formula is C19H14FNO. The summed E-state index contributed by atoms with van der Waals surface area (Å²) in [6.07, 6.45) is 0.338. The monoisotopic (exact) mass is 291 g/mol. The van der Waals surface area contributed by atoms with Gasteiger partial charge in [0.05, 0.1) is 0 Å². The van der Waals surface area contributed by atoms with Gasteiger partial charge in [0.25, 0.3) is 0 Å². The number of amides is 1. The van der Waals surface area contributed by atoms with Crippen molar-refractivity contribution in [3.05, 3.63) is 77.6 Å². The molecule has 0 saturated carbocycles. The van der Waals surface area contributed by atoms with E-state index in [1.165, 1.54) is 12.1 Å². The summed E-state index contributed by atoms with van der Waals surface area (Å²) in [5.74, 6) is -0.423. The lowest BCUT2D eigenvalue weighted by Crippen LogP contribution is -2.23. The molecule has 0 radical (unpaired) electrons. The Morgan fingerprint density at radius 1 is 1.00 bits per heavy atom. The van der Waals surface area contributed by atoms with Crippen molar-refractivity contribution in [3.63, 3.8) is 0 Å². The molecule has 1 aliphatic rings. The van der Waals surface area contributed by atoms with Crippen LogP contribution in [0.5, 0.6) is 0 Å². The maximum absolute atomic E-state index is 13.6. The summed E-state index contributed by atoms with van der Waals surface area (Å²) in [5, 5.41) is 5.16. The molecule has 0 bridgehead atoms. The highest BCUT2D eigenvalue weighted by atomic mass is 19.1. The van der Waals surface area contributed by atoms with Gasteiger partial charge in [-0.2, -0.15) is 0 Å². The van der Waals surface area contributed by atoms with Gasteiger partial charge in [0.1, 0.15) is 5.82 Å². The summed E-state index contributed by atoms with van der Waals surface area (Å²) in [4.78, 5) is 12.0. The fourth-order valence-corrected chi connectivity index (χ4v) is 3.28. The lowest BCUT2D eigenvalue weighted by Gasteiger charge is -2.27. The molecule has 0 aromatic heterocycles. The van der Waals surface area contributed by atoms with E-state index in [2.05, 4.69) is 17.4 Å². The number of anilines is 1.